The van der Waals surface area contributed by atoms with E-state index in [1.165, 1.54) is 5.56 Å². The van der Waals surface area contributed by atoms with Crippen molar-refractivity contribution in [3.05, 3.63) is 29.8 Å². The SMILES string of the molecule is Cc1ccc(NC(=O)N2CC3CC(C2)[C@H]2CCCC(=O)N2C3)cc1. The highest BCUT2D eigenvalue weighted by Crippen LogP contribution is 2.38. The Morgan fingerprint density at radius 1 is 1.17 bits per heavy atom. The Balaban J connectivity index is 1.44. The summed E-state index contributed by atoms with van der Waals surface area (Å²) in [5.41, 5.74) is 2.03. The van der Waals surface area contributed by atoms with Gasteiger partial charge in [-0.2, -0.15) is 0 Å². The molecule has 5 heteroatoms. The number of likely N-dealkylation sites (tertiary alicyclic amines) is 1. The summed E-state index contributed by atoms with van der Waals surface area (Å²) in [5.74, 6) is 1.18. The number of aryl methyl sites for hydroxylation is 1. The van der Waals surface area contributed by atoms with Crippen molar-refractivity contribution >= 4 is 17.6 Å². The van der Waals surface area contributed by atoms with Crippen LogP contribution in [-0.2, 0) is 4.79 Å². The van der Waals surface area contributed by atoms with Gasteiger partial charge in [-0.3, -0.25) is 4.79 Å². The first-order chi connectivity index (χ1) is 11.6. The second kappa shape index (κ2) is 6.11. The lowest BCUT2D eigenvalue weighted by atomic mass is 9.76. The first kappa shape index (κ1) is 15.5. The number of hydrogen-bond acceptors (Lipinski definition) is 2. The largest absolute Gasteiger partial charge is 0.339 e. The number of nitrogens with one attached hydrogen (secondary N) is 1. The number of rotatable bonds is 1. The third-order valence-electron chi connectivity index (χ3n) is 5.77. The van der Waals surface area contributed by atoms with Crippen LogP contribution in [0.1, 0.15) is 31.2 Å². The van der Waals surface area contributed by atoms with Crippen LogP contribution in [0.4, 0.5) is 10.5 Å². The summed E-state index contributed by atoms with van der Waals surface area (Å²) in [4.78, 5) is 28.9. The number of fused-ring (bicyclic) bond motifs is 4. The molecular formula is C19H25N3O2. The van der Waals surface area contributed by atoms with Crippen LogP contribution in [0, 0.1) is 18.8 Å². The van der Waals surface area contributed by atoms with Crippen molar-refractivity contribution in [2.45, 2.75) is 38.6 Å². The van der Waals surface area contributed by atoms with E-state index in [0.29, 0.717) is 30.2 Å². The van der Waals surface area contributed by atoms with E-state index in [4.69, 9.17) is 0 Å². The average molecular weight is 327 g/mol. The van der Waals surface area contributed by atoms with Crippen LogP contribution >= 0.6 is 0 Å². The molecule has 2 bridgehead atoms. The Kier molecular flexibility index (Phi) is 3.94. The first-order valence-corrected chi connectivity index (χ1v) is 9.02. The number of piperidine rings is 3. The maximum absolute atomic E-state index is 12.6. The summed E-state index contributed by atoms with van der Waals surface area (Å²) in [6, 6.07) is 8.23. The van der Waals surface area contributed by atoms with Crippen LogP contribution in [0.25, 0.3) is 0 Å². The predicted octanol–water partition coefficient (Wildman–Crippen LogP) is 2.86. The third-order valence-corrected chi connectivity index (χ3v) is 5.77. The minimum absolute atomic E-state index is 0.0101. The molecule has 2 unspecified atom stereocenters. The lowest BCUT2D eigenvalue weighted by molar-refractivity contribution is -0.144. The van der Waals surface area contributed by atoms with Crippen molar-refractivity contribution in [3.63, 3.8) is 0 Å². The smallest absolute Gasteiger partial charge is 0.321 e. The topological polar surface area (TPSA) is 52.7 Å². The standard InChI is InChI=1S/C19H25N3O2/c1-13-5-7-16(8-6-13)20-19(24)21-10-14-9-15(12-21)17-3-2-4-18(23)22(17)11-14/h5-8,14-15,17H,2-4,9-12H2,1H3,(H,20,24)/t14?,15?,17-/m1/s1. The van der Waals surface area contributed by atoms with Gasteiger partial charge in [0.05, 0.1) is 0 Å². The molecule has 1 aromatic carbocycles. The van der Waals surface area contributed by atoms with Crippen LogP contribution in [-0.4, -0.2) is 47.4 Å². The average Bonchev–Trinajstić information content (AvgIpc) is 2.58. The molecule has 3 fully saturated rings. The van der Waals surface area contributed by atoms with E-state index in [-0.39, 0.29) is 6.03 Å². The number of carbonyl (C=O) groups is 2. The number of carbonyl (C=O) groups excluding carboxylic acids is 2. The van der Waals surface area contributed by atoms with Gasteiger partial charge in [0.2, 0.25) is 5.91 Å². The van der Waals surface area contributed by atoms with E-state index >= 15 is 0 Å². The van der Waals surface area contributed by atoms with Crippen LogP contribution in [0.5, 0.6) is 0 Å². The number of hydrogen-bond donors (Lipinski definition) is 1. The number of anilines is 1. The van der Waals surface area contributed by atoms with E-state index in [0.717, 1.165) is 44.6 Å². The van der Waals surface area contributed by atoms with Gasteiger partial charge in [-0.25, -0.2) is 4.79 Å². The van der Waals surface area contributed by atoms with Crippen molar-refractivity contribution in [1.82, 2.24) is 9.80 Å². The van der Waals surface area contributed by atoms with Crippen LogP contribution in [0.3, 0.4) is 0 Å². The summed E-state index contributed by atoms with van der Waals surface area (Å²) in [5, 5.41) is 3.02. The van der Waals surface area contributed by atoms with E-state index in [1.807, 2.05) is 36.1 Å². The zero-order chi connectivity index (χ0) is 16.7. The molecule has 3 aliphatic rings. The van der Waals surface area contributed by atoms with Crippen molar-refractivity contribution in [1.29, 1.82) is 0 Å². The second-order valence-electron chi connectivity index (χ2n) is 7.57. The molecule has 1 aromatic rings. The van der Waals surface area contributed by atoms with Crippen molar-refractivity contribution in [3.8, 4) is 0 Å². The van der Waals surface area contributed by atoms with E-state index in [2.05, 4.69) is 10.2 Å². The van der Waals surface area contributed by atoms with Crippen LogP contribution in [0.2, 0.25) is 0 Å². The first-order valence-electron chi connectivity index (χ1n) is 9.02. The normalized spacial score (nSPS) is 29.2. The van der Waals surface area contributed by atoms with Gasteiger partial charge in [-0.05, 0) is 50.2 Å². The fourth-order valence-electron chi connectivity index (χ4n) is 4.62. The minimum atomic E-state index is -0.0101. The second-order valence-corrected chi connectivity index (χ2v) is 7.57. The van der Waals surface area contributed by atoms with Gasteiger partial charge in [0.1, 0.15) is 0 Å². The molecule has 0 saturated carbocycles. The molecule has 24 heavy (non-hydrogen) atoms. The molecule has 1 N–H and O–H groups in total. The molecule has 0 radical (unpaired) electrons. The number of amides is 3. The van der Waals surface area contributed by atoms with Gasteiger partial charge < -0.3 is 15.1 Å². The summed E-state index contributed by atoms with van der Waals surface area (Å²) in [6.45, 7) is 4.39. The van der Waals surface area contributed by atoms with Gasteiger partial charge in [0.15, 0.2) is 0 Å². The summed E-state index contributed by atoms with van der Waals surface area (Å²) in [6.07, 6.45) is 3.95. The van der Waals surface area contributed by atoms with Gasteiger partial charge in [0.25, 0.3) is 0 Å². The highest BCUT2D eigenvalue weighted by Gasteiger charge is 2.44. The minimum Gasteiger partial charge on any atom is -0.339 e. The molecule has 3 heterocycles. The molecule has 4 rings (SSSR count). The molecule has 0 aliphatic carbocycles. The fourth-order valence-corrected chi connectivity index (χ4v) is 4.62. The molecule has 0 aromatic heterocycles. The summed E-state index contributed by atoms with van der Waals surface area (Å²) in [7, 11) is 0. The highest BCUT2D eigenvalue weighted by atomic mass is 16.2. The van der Waals surface area contributed by atoms with E-state index in [1.54, 1.807) is 0 Å². The van der Waals surface area contributed by atoms with Crippen LogP contribution < -0.4 is 5.32 Å². The Labute approximate surface area is 143 Å². The Bertz CT molecular complexity index is 643. The summed E-state index contributed by atoms with van der Waals surface area (Å²) < 4.78 is 0. The monoisotopic (exact) mass is 327 g/mol. The lowest BCUT2D eigenvalue weighted by Gasteiger charge is -2.52. The van der Waals surface area contributed by atoms with Gasteiger partial charge in [-0.1, -0.05) is 17.7 Å². The zero-order valence-electron chi connectivity index (χ0n) is 14.2. The van der Waals surface area contributed by atoms with Crippen molar-refractivity contribution in [2.75, 3.05) is 25.0 Å². The maximum atomic E-state index is 12.6. The summed E-state index contributed by atoms with van der Waals surface area (Å²) >= 11 is 0. The number of nitrogens with zero attached hydrogens (tertiary/aromatic N) is 2. The van der Waals surface area contributed by atoms with Crippen LogP contribution in [0.15, 0.2) is 24.3 Å². The molecule has 128 valence electrons. The molecule has 3 atom stereocenters. The predicted molar refractivity (Wildman–Crippen MR) is 92.7 cm³/mol. The van der Waals surface area contributed by atoms with Gasteiger partial charge in [-0.15, -0.1) is 0 Å². The molecule has 3 saturated heterocycles. The molecule has 3 aliphatic heterocycles. The maximum Gasteiger partial charge on any atom is 0.321 e. The number of benzene rings is 1. The zero-order valence-corrected chi connectivity index (χ0v) is 14.2. The van der Waals surface area contributed by atoms with E-state index < -0.39 is 0 Å². The van der Waals surface area contributed by atoms with Crippen molar-refractivity contribution in [2.24, 2.45) is 11.8 Å². The third kappa shape index (κ3) is 2.87. The Morgan fingerprint density at radius 3 is 2.75 bits per heavy atom. The van der Waals surface area contributed by atoms with E-state index in [9.17, 15) is 9.59 Å². The van der Waals surface area contributed by atoms with Gasteiger partial charge in [0, 0.05) is 37.8 Å². The Morgan fingerprint density at radius 2 is 1.96 bits per heavy atom. The molecule has 0 spiro atoms. The molecule has 5 nitrogen and oxygen atoms in total. The lowest BCUT2D eigenvalue weighted by Crippen LogP contribution is -2.61. The molecular weight excluding hydrogens is 302 g/mol. The number of urea groups is 1. The van der Waals surface area contributed by atoms with Crippen molar-refractivity contribution < 1.29 is 9.59 Å². The fraction of sp³-hybridized carbons (Fsp3) is 0.579. The Hall–Kier alpha value is -2.04. The molecule has 3 amide bonds. The quantitative estimate of drug-likeness (QED) is 0.862. The highest BCUT2D eigenvalue weighted by molar-refractivity contribution is 5.89. The van der Waals surface area contributed by atoms with Gasteiger partial charge >= 0.3 is 6.03 Å².